The van der Waals surface area contributed by atoms with Crippen LogP contribution in [0.4, 0.5) is 0 Å². The maximum Gasteiger partial charge on any atom is 0.257 e. The summed E-state index contributed by atoms with van der Waals surface area (Å²) in [7, 11) is 0. The summed E-state index contributed by atoms with van der Waals surface area (Å²) < 4.78 is 5.91. The van der Waals surface area contributed by atoms with Crippen molar-refractivity contribution in [2.24, 2.45) is 0 Å². The van der Waals surface area contributed by atoms with Gasteiger partial charge >= 0.3 is 0 Å². The Bertz CT molecular complexity index is 484. The van der Waals surface area contributed by atoms with Gasteiger partial charge in [-0.15, -0.1) is 0 Å². The fraction of sp³-hybridized carbons (Fsp3) is 0.562. The lowest BCUT2D eigenvalue weighted by Crippen LogP contribution is -2.42. The zero-order valence-electron chi connectivity index (χ0n) is 11.6. The van der Waals surface area contributed by atoms with Crippen LogP contribution in [0.25, 0.3) is 0 Å². The van der Waals surface area contributed by atoms with Gasteiger partial charge in [0.2, 0.25) is 0 Å². The van der Waals surface area contributed by atoms with E-state index in [0.29, 0.717) is 24.4 Å². The first kappa shape index (κ1) is 13.4. The number of carbonyl (C=O) groups excluding carboxylic acids is 1. The van der Waals surface area contributed by atoms with Gasteiger partial charge in [-0.3, -0.25) is 4.79 Å². The zero-order chi connectivity index (χ0) is 13.9. The van der Waals surface area contributed by atoms with Gasteiger partial charge in [-0.2, -0.15) is 0 Å². The fourth-order valence-corrected chi connectivity index (χ4v) is 2.72. The summed E-state index contributed by atoms with van der Waals surface area (Å²) in [5.41, 5.74) is 0.619. The number of para-hydroxylation sites is 1. The molecule has 0 radical (unpaired) electrons. The Kier molecular flexibility index (Phi) is 3.92. The smallest absolute Gasteiger partial charge is 0.257 e. The third-order valence-electron chi connectivity index (χ3n) is 4.15. The predicted molar refractivity (Wildman–Crippen MR) is 75.9 cm³/mol. The molecule has 1 N–H and O–H groups in total. The first-order valence-electron chi connectivity index (χ1n) is 7.47. The van der Waals surface area contributed by atoms with E-state index in [1.807, 2.05) is 24.3 Å². The Morgan fingerprint density at radius 3 is 2.70 bits per heavy atom. The van der Waals surface area contributed by atoms with Crippen molar-refractivity contribution in [2.75, 3.05) is 13.1 Å². The Morgan fingerprint density at radius 2 is 2.00 bits per heavy atom. The molecule has 1 heterocycles. The number of β-amino-alcohol motifs (C(OH)–C–C–N with tert-alkyl or cyclic N) is 1. The number of aliphatic hydroxyl groups is 1. The molecule has 20 heavy (non-hydrogen) atoms. The van der Waals surface area contributed by atoms with Crippen molar-refractivity contribution in [3.63, 3.8) is 0 Å². The Morgan fingerprint density at radius 1 is 1.20 bits per heavy atom. The molecule has 1 aliphatic carbocycles. The number of hydrogen-bond acceptors (Lipinski definition) is 3. The molecule has 3 rings (SSSR count). The van der Waals surface area contributed by atoms with Crippen molar-refractivity contribution >= 4 is 5.91 Å². The molecule has 1 aromatic carbocycles. The SMILES string of the molecule is O=C(c1ccccc1OC1CCC1)N1CCCC(O)C1. The topological polar surface area (TPSA) is 49.8 Å². The standard InChI is InChI=1S/C16H21NO3/c18-12-5-4-10-17(11-12)16(19)14-8-1-2-9-15(14)20-13-6-3-7-13/h1-2,8-9,12-13,18H,3-7,10-11H2. The van der Waals surface area contributed by atoms with Crippen molar-refractivity contribution < 1.29 is 14.6 Å². The molecule has 1 aliphatic heterocycles. The van der Waals surface area contributed by atoms with Crippen LogP contribution < -0.4 is 4.74 Å². The van der Waals surface area contributed by atoms with Gasteiger partial charge in [0.25, 0.3) is 5.91 Å². The van der Waals surface area contributed by atoms with Crippen LogP contribution in [0.15, 0.2) is 24.3 Å². The molecule has 4 nitrogen and oxygen atoms in total. The van der Waals surface area contributed by atoms with E-state index in [1.54, 1.807) is 4.90 Å². The Hall–Kier alpha value is -1.55. The van der Waals surface area contributed by atoms with Gasteiger partial charge < -0.3 is 14.7 Å². The number of aliphatic hydroxyl groups excluding tert-OH is 1. The van der Waals surface area contributed by atoms with E-state index in [4.69, 9.17) is 4.74 Å². The summed E-state index contributed by atoms with van der Waals surface area (Å²) in [4.78, 5) is 14.3. The van der Waals surface area contributed by atoms with E-state index in [2.05, 4.69) is 0 Å². The molecule has 1 saturated heterocycles. The first-order valence-corrected chi connectivity index (χ1v) is 7.47. The summed E-state index contributed by atoms with van der Waals surface area (Å²) in [6.07, 6.45) is 4.86. The van der Waals surface area contributed by atoms with Crippen molar-refractivity contribution in [3.05, 3.63) is 29.8 Å². The molecule has 0 bridgehead atoms. The largest absolute Gasteiger partial charge is 0.490 e. The van der Waals surface area contributed by atoms with Crippen LogP contribution in [-0.4, -0.2) is 41.2 Å². The number of rotatable bonds is 3. The molecule has 1 amide bonds. The number of amides is 1. The highest BCUT2D eigenvalue weighted by Gasteiger charge is 2.26. The first-order chi connectivity index (χ1) is 9.74. The third kappa shape index (κ3) is 2.80. The predicted octanol–water partition coefficient (Wildman–Crippen LogP) is 2.21. The van der Waals surface area contributed by atoms with Crippen LogP contribution in [0.1, 0.15) is 42.5 Å². The molecule has 1 saturated carbocycles. The van der Waals surface area contributed by atoms with Gasteiger partial charge in [0, 0.05) is 13.1 Å². The van der Waals surface area contributed by atoms with Crippen molar-refractivity contribution in [2.45, 2.75) is 44.3 Å². The monoisotopic (exact) mass is 275 g/mol. The van der Waals surface area contributed by atoms with E-state index in [0.717, 1.165) is 25.7 Å². The van der Waals surface area contributed by atoms with Gasteiger partial charge in [0.1, 0.15) is 5.75 Å². The number of likely N-dealkylation sites (tertiary alicyclic amines) is 1. The zero-order valence-corrected chi connectivity index (χ0v) is 11.6. The average Bonchev–Trinajstić information content (AvgIpc) is 2.42. The number of carbonyl (C=O) groups is 1. The minimum Gasteiger partial charge on any atom is -0.490 e. The molecular weight excluding hydrogens is 254 g/mol. The second-order valence-electron chi connectivity index (χ2n) is 5.71. The number of piperidine rings is 1. The molecule has 1 atom stereocenters. The molecule has 2 aliphatic rings. The molecule has 0 spiro atoms. The van der Waals surface area contributed by atoms with Crippen molar-refractivity contribution in [1.82, 2.24) is 4.90 Å². The fourth-order valence-electron chi connectivity index (χ4n) is 2.72. The van der Waals surface area contributed by atoms with E-state index in [-0.39, 0.29) is 12.0 Å². The number of ether oxygens (including phenoxy) is 1. The van der Waals surface area contributed by atoms with E-state index < -0.39 is 6.10 Å². The van der Waals surface area contributed by atoms with Crippen LogP contribution in [-0.2, 0) is 0 Å². The molecule has 2 fully saturated rings. The highest BCUT2D eigenvalue weighted by atomic mass is 16.5. The summed E-state index contributed by atoms with van der Waals surface area (Å²) in [6, 6.07) is 7.44. The lowest BCUT2D eigenvalue weighted by Gasteiger charge is -2.31. The lowest BCUT2D eigenvalue weighted by atomic mass is 9.96. The number of nitrogens with zero attached hydrogens (tertiary/aromatic N) is 1. The molecule has 4 heteroatoms. The molecule has 108 valence electrons. The van der Waals surface area contributed by atoms with Gasteiger partial charge in [-0.1, -0.05) is 12.1 Å². The second kappa shape index (κ2) is 5.83. The summed E-state index contributed by atoms with van der Waals surface area (Å²) in [5.74, 6) is 0.654. The van der Waals surface area contributed by atoms with Crippen molar-refractivity contribution in [1.29, 1.82) is 0 Å². The van der Waals surface area contributed by atoms with Crippen LogP contribution in [0.2, 0.25) is 0 Å². The van der Waals surface area contributed by atoms with Crippen LogP contribution in [0.5, 0.6) is 5.75 Å². The number of benzene rings is 1. The lowest BCUT2D eigenvalue weighted by molar-refractivity contribution is 0.0464. The van der Waals surface area contributed by atoms with Gasteiger partial charge in [-0.25, -0.2) is 0 Å². The van der Waals surface area contributed by atoms with E-state index in [9.17, 15) is 9.90 Å². The second-order valence-corrected chi connectivity index (χ2v) is 5.71. The highest BCUT2D eigenvalue weighted by Crippen LogP contribution is 2.28. The Labute approximate surface area is 119 Å². The summed E-state index contributed by atoms with van der Waals surface area (Å²) >= 11 is 0. The minimum atomic E-state index is -0.396. The van der Waals surface area contributed by atoms with Crippen LogP contribution >= 0.6 is 0 Å². The number of hydrogen-bond donors (Lipinski definition) is 1. The maximum absolute atomic E-state index is 12.6. The van der Waals surface area contributed by atoms with Crippen LogP contribution in [0, 0.1) is 0 Å². The highest BCUT2D eigenvalue weighted by molar-refractivity contribution is 5.97. The molecule has 1 unspecified atom stereocenters. The van der Waals surface area contributed by atoms with Crippen molar-refractivity contribution in [3.8, 4) is 5.75 Å². The van der Waals surface area contributed by atoms with Crippen LogP contribution in [0.3, 0.4) is 0 Å². The molecule has 0 aromatic heterocycles. The minimum absolute atomic E-state index is 0.0290. The van der Waals surface area contributed by atoms with E-state index >= 15 is 0 Å². The van der Waals surface area contributed by atoms with Gasteiger partial charge in [0.15, 0.2) is 0 Å². The Balaban J connectivity index is 1.76. The molecular formula is C16H21NO3. The maximum atomic E-state index is 12.6. The summed E-state index contributed by atoms with van der Waals surface area (Å²) in [6.45, 7) is 1.14. The molecule has 1 aromatic rings. The third-order valence-corrected chi connectivity index (χ3v) is 4.15. The summed E-state index contributed by atoms with van der Waals surface area (Å²) in [5, 5.41) is 9.71. The normalized spacial score (nSPS) is 23.2. The van der Waals surface area contributed by atoms with Gasteiger partial charge in [-0.05, 0) is 44.2 Å². The van der Waals surface area contributed by atoms with E-state index in [1.165, 1.54) is 6.42 Å². The quantitative estimate of drug-likeness (QED) is 0.920. The van der Waals surface area contributed by atoms with Gasteiger partial charge in [0.05, 0.1) is 17.8 Å². The average molecular weight is 275 g/mol.